The molecule has 0 unspecified atom stereocenters. The first-order chi connectivity index (χ1) is 13.8. The molecule has 0 aliphatic heterocycles. The minimum atomic E-state index is -0.915. The first kappa shape index (κ1) is 20.1. The van der Waals surface area contributed by atoms with Crippen LogP contribution >= 0.6 is 0 Å². The van der Waals surface area contributed by atoms with E-state index in [1.807, 2.05) is 26.0 Å². The number of rotatable bonds is 6. The molecule has 3 rings (SSSR count). The third-order valence-corrected chi connectivity index (χ3v) is 4.44. The third kappa shape index (κ3) is 4.79. The Morgan fingerprint density at radius 1 is 1.00 bits per heavy atom. The molecule has 1 amide bonds. The topological polar surface area (TPSA) is 85.6 Å². The zero-order chi connectivity index (χ0) is 21.0. The molecule has 1 aromatic heterocycles. The highest BCUT2D eigenvalue weighted by Gasteiger charge is 2.22. The number of carbonyl (C=O) groups is 3. The molecule has 0 saturated carbocycles. The molecule has 0 aliphatic carbocycles. The summed E-state index contributed by atoms with van der Waals surface area (Å²) in [4.78, 5) is 37.0. The molecule has 3 aromatic rings. The smallest absolute Gasteiger partial charge is 0.338 e. The van der Waals surface area contributed by atoms with Crippen molar-refractivity contribution < 1.29 is 23.5 Å². The minimum Gasteiger partial charge on any atom is -0.459 e. The molecule has 1 atom stereocenters. The van der Waals surface area contributed by atoms with Gasteiger partial charge in [-0.1, -0.05) is 17.7 Å². The van der Waals surface area contributed by atoms with Gasteiger partial charge in [-0.3, -0.25) is 9.59 Å². The average molecular weight is 391 g/mol. The van der Waals surface area contributed by atoms with E-state index in [1.165, 1.54) is 18.4 Å². The molecular formula is C23H21NO5. The van der Waals surface area contributed by atoms with E-state index < -0.39 is 18.0 Å². The Hall–Kier alpha value is -3.67. The van der Waals surface area contributed by atoms with Crippen molar-refractivity contribution in [1.82, 2.24) is 0 Å². The summed E-state index contributed by atoms with van der Waals surface area (Å²) in [5.74, 6) is -1.06. The largest absolute Gasteiger partial charge is 0.459 e. The Balaban J connectivity index is 1.63. The van der Waals surface area contributed by atoms with Gasteiger partial charge in [0.25, 0.3) is 5.91 Å². The quantitative estimate of drug-likeness (QED) is 0.491. The number of ether oxygens (including phenoxy) is 1. The van der Waals surface area contributed by atoms with E-state index in [4.69, 9.17) is 9.15 Å². The Kier molecular flexibility index (Phi) is 5.93. The van der Waals surface area contributed by atoms with Crippen LogP contribution in [0.5, 0.6) is 0 Å². The third-order valence-electron chi connectivity index (χ3n) is 4.44. The number of hydrogen-bond acceptors (Lipinski definition) is 5. The Morgan fingerprint density at radius 2 is 1.72 bits per heavy atom. The van der Waals surface area contributed by atoms with E-state index in [0.29, 0.717) is 11.3 Å². The second-order valence-electron chi connectivity index (χ2n) is 6.74. The van der Waals surface area contributed by atoms with Gasteiger partial charge in [-0.25, -0.2) is 4.79 Å². The van der Waals surface area contributed by atoms with Gasteiger partial charge >= 0.3 is 5.97 Å². The van der Waals surface area contributed by atoms with Gasteiger partial charge in [0.05, 0.1) is 11.8 Å². The van der Waals surface area contributed by atoms with E-state index in [-0.39, 0.29) is 17.1 Å². The summed E-state index contributed by atoms with van der Waals surface area (Å²) in [6.45, 7) is 5.30. The van der Waals surface area contributed by atoms with Gasteiger partial charge in [0, 0.05) is 11.3 Å². The van der Waals surface area contributed by atoms with Gasteiger partial charge in [0.15, 0.2) is 11.9 Å². The van der Waals surface area contributed by atoms with Crippen LogP contribution in [0.4, 0.5) is 5.69 Å². The van der Waals surface area contributed by atoms with Crippen LogP contribution in [0, 0.1) is 13.8 Å². The zero-order valence-corrected chi connectivity index (χ0v) is 16.4. The predicted octanol–water partition coefficient (Wildman–Crippen LogP) is 4.58. The maximum atomic E-state index is 12.6. The van der Waals surface area contributed by atoms with Crippen LogP contribution in [-0.4, -0.2) is 23.8 Å². The van der Waals surface area contributed by atoms with Gasteiger partial charge in [-0.15, -0.1) is 0 Å². The van der Waals surface area contributed by atoms with Crippen LogP contribution in [0.1, 0.15) is 49.3 Å². The van der Waals surface area contributed by atoms with Crippen LogP contribution in [0.3, 0.4) is 0 Å². The first-order valence-electron chi connectivity index (χ1n) is 9.12. The Labute approximate surface area is 168 Å². The summed E-state index contributed by atoms with van der Waals surface area (Å²) >= 11 is 0. The Bertz CT molecular complexity index is 1040. The van der Waals surface area contributed by atoms with Crippen molar-refractivity contribution in [2.75, 3.05) is 5.32 Å². The van der Waals surface area contributed by atoms with Crippen LogP contribution in [0.15, 0.2) is 65.3 Å². The van der Waals surface area contributed by atoms with E-state index in [1.54, 1.807) is 37.3 Å². The van der Waals surface area contributed by atoms with Crippen LogP contribution < -0.4 is 5.32 Å². The fourth-order valence-electron chi connectivity index (χ4n) is 2.79. The molecule has 0 fully saturated rings. The maximum Gasteiger partial charge on any atom is 0.338 e. The summed E-state index contributed by atoms with van der Waals surface area (Å²) in [7, 11) is 0. The number of anilines is 1. The summed E-state index contributed by atoms with van der Waals surface area (Å²) < 4.78 is 10.4. The van der Waals surface area contributed by atoms with Crippen molar-refractivity contribution in [2.24, 2.45) is 0 Å². The lowest BCUT2D eigenvalue weighted by atomic mass is 9.99. The number of ketones is 1. The van der Waals surface area contributed by atoms with Gasteiger partial charge in [-0.05, 0) is 68.8 Å². The molecule has 6 heteroatoms. The van der Waals surface area contributed by atoms with Crippen molar-refractivity contribution >= 4 is 23.3 Å². The molecule has 2 aromatic carbocycles. The highest BCUT2D eigenvalue weighted by atomic mass is 16.5. The number of Topliss-reactive ketones (excluding diaryl/α,β-unsaturated/α-hetero) is 1. The molecule has 0 radical (unpaired) electrons. The molecule has 0 bridgehead atoms. The van der Waals surface area contributed by atoms with E-state index in [0.717, 1.165) is 11.1 Å². The van der Waals surface area contributed by atoms with E-state index in [2.05, 4.69) is 5.32 Å². The monoisotopic (exact) mass is 391 g/mol. The highest BCUT2D eigenvalue weighted by molar-refractivity contribution is 6.03. The SMILES string of the molecule is Cc1ccc(C)c(C(=O)[C@@H](C)OC(=O)c2ccc(NC(=O)c3ccco3)cc2)c1. The lowest BCUT2D eigenvalue weighted by molar-refractivity contribution is 0.0318. The standard InChI is InChI=1S/C23H21NO5/c1-14-6-7-15(2)19(13-14)21(25)16(3)29-23(27)17-8-10-18(11-9-17)24-22(26)20-5-4-12-28-20/h4-13,16H,1-3H3,(H,24,26)/t16-/m1/s1. The lowest BCUT2D eigenvalue weighted by Gasteiger charge is -2.14. The van der Waals surface area contributed by atoms with E-state index in [9.17, 15) is 14.4 Å². The zero-order valence-electron chi connectivity index (χ0n) is 16.4. The molecule has 1 N–H and O–H groups in total. The van der Waals surface area contributed by atoms with Crippen molar-refractivity contribution in [1.29, 1.82) is 0 Å². The Morgan fingerprint density at radius 3 is 2.38 bits per heavy atom. The molecule has 6 nitrogen and oxygen atoms in total. The van der Waals surface area contributed by atoms with E-state index >= 15 is 0 Å². The van der Waals surface area contributed by atoms with Gasteiger partial charge in [0.1, 0.15) is 0 Å². The number of hydrogen-bond donors (Lipinski definition) is 1. The predicted molar refractivity (Wildman–Crippen MR) is 108 cm³/mol. The summed E-state index contributed by atoms with van der Waals surface area (Å²) in [6, 6.07) is 15.0. The number of carbonyl (C=O) groups excluding carboxylic acids is 3. The van der Waals surface area contributed by atoms with Gasteiger partial charge in [-0.2, -0.15) is 0 Å². The number of aryl methyl sites for hydroxylation is 2. The van der Waals surface area contributed by atoms with Crippen LogP contribution in [0.2, 0.25) is 0 Å². The number of amides is 1. The molecule has 0 spiro atoms. The van der Waals surface area contributed by atoms with Crippen LogP contribution in [0.25, 0.3) is 0 Å². The number of benzene rings is 2. The molecule has 1 heterocycles. The molecule has 148 valence electrons. The van der Waals surface area contributed by atoms with Gasteiger partial charge in [0.2, 0.25) is 5.78 Å². The summed E-state index contributed by atoms with van der Waals surface area (Å²) in [6.07, 6.45) is 0.496. The summed E-state index contributed by atoms with van der Waals surface area (Å²) in [5, 5.41) is 2.66. The maximum absolute atomic E-state index is 12.6. The van der Waals surface area contributed by atoms with Crippen molar-refractivity contribution in [3.05, 3.63) is 88.9 Å². The normalized spacial score (nSPS) is 11.6. The average Bonchev–Trinajstić information content (AvgIpc) is 3.24. The molecule has 29 heavy (non-hydrogen) atoms. The minimum absolute atomic E-state index is 0.187. The van der Waals surface area contributed by atoms with Crippen molar-refractivity contribution in [3.8, 4) is 0 Å². The molecule has 0 aliphatic rings. The number of esters is 1. The highest BCUT2D eigenvalue weighted by Crippen LogP contribution is 2.17. The second kappa shape index (κ2) is 8.56. The number of furan rings is 1. The second-order valence-corrected chi connectivity index (χ2v) is 6.74. The van der Waals surface area contributed by atoms with Crippen LogP contribution in [-0.2, 0) is 4.74 Å². The molecule has 0 saturated heterocycles. The van der Waals surface area contributed by atoms with Crippen molar-refractivity contribution in [2.45, 2.75) is 26.9 Å². The summed E-state index contributed by atoms with van der Waals surface area (Å²) in [5.41, 5.74) is 3.12. The fourth-order valence-corrected chi connectivity index (χ4v) is 2.79. The number of nitrogens with one attached hydrogen (secondary N) is 1. The first-order valence-corrected chi connectivity index (χ1v) is 9.12. The molecular weight excluding hydrogens is 370 g/mol. The lowest BCUT2D eigenvalue weighted by Crippen LogP contribution is -2.25. The fraction of sp³-hybridized carbons (Fsp3) is 0.174. The van der Waals surface area contributed by atoms with Crippen molar-refractivity contribution in [3.63, 3.8) is 0 Å². The van der Waals surface area contributed by atoms with Gasteiger partial charge < -0.3 is 14.5 Å².